The zero-order chi connectivity index (χ0) is 50.7. The number of hydrogen-bond acceptors (Lipinski definition) is 10. The zero-order valence-corrected chi connectivity index (χ0v) is 43.9. The first-order chi connectivity index (χ1) is 33.9. The van der Waals surface area contributed by atoms with Gasteiger partial charge >= 0.3 is 0 Å². The average Bonchev–Trinajstić information content (AvgIpc) is 3.96. The van der Waals surface area contributed by atoms with E-state index >= 15 is 0 Å². The van der Waals surface area contributed by atoms with Crippen molar-refractivity contribution < 1.29 is 22.6 Å². The smallest absolute Gasteiger partial charge is 0.294 e. The molecule has 4 heterocycles. The molecule has 0 aromatic heterocycles. The van der Waals surface area contributed by atoms with Gasteiger partial charge in [0.05, 0.1) is 38.8 Å². The number of nitrogens with one attached hydrogen (secondary N) is 1. The molecule has 1 unspecified atom stereocenters. The first-order valence-corrected chi connectivity index (χ1v) is 27.2. The molecule has 0 bridgehead atoms. The molecule has 4 aliphatic rings. The fourth-order valence-corrected chi connectivity index (χ4v) is 11.4. The van der Waals surface area contributed by atoms with E-state index in [1.807, 2.05) is 49.4 Å². The Labute approximate surface area is 424 Å². The lowest BCUT2D eigenvalue weighted by Gasteiger charge is -2.28. The van der Waals surface area contributed by atoms with Crippen LogP contribution in [0.5, 0.6) is 0 Å². The summed E-state index contributed by atoms with van der Waals surface area (Å²) in [7, 11) is -4.37. The number of para-hydroxylation sites is 2. The van der Waals surface area contributed by atoms with Crippen LogP contribution in [0.3, 0.4) is 0 Å². The number of carbonyl (C=O) groups is 2. The summed E-state index contributed by atoms with van der Waals surface area (Å²) >= 11 is 1.64. The van der Waals surface area contributed by atoms with Gasteiger partial charge in [0, 0.05) is 58.1 Å². The molecule has 0 saturated heterocycles. The van der Waals surface area contributed by atoms with Crippen molar-refractivity contribution in [3.05, 3.63) is 155 Å². The van der Waals surface area contributed by atoms with Gasteiger partial charge in [-0.2, -0.15) is 28.6 Å². The Bertz CT molecular complexity index is 2970. The van der Waals surface area contributed by atoms with Crippen LogP contribution < -0.4 is 24.5 Å². The Morgan fingerprint density at radius 3 is 1.56 bits per heavy atom. The molecule has 0 saturated carbocycles. The second kappa shape index (κ2) is 21.3. The maximum atomic E-state index is 14.0. The highest BCUT2D eigenvalue weighted by Gasteiger charge is 2.41. The van der Waals surface area contributed by atoms with Crippen LogP contribution in [0.4, 0.5) is 22.7 Å². The SMILES string of the molecule is CCCCC(CC)CNSc1ccc(N2N=C(C)/C(=C/C=C3/N(CCCCCN4/C(=C/C=C5\C(=O)N(c6ccc(S(=O)(=O)O)cc6)N=C5C)C(C)(C)c5ccccc54)c4ccccc4C3(C)C)C2=O)cc1. The van der Waals surface area contributed by atoms with E-state index in [4.69, 9.17) is 5.10 Å². The number of unbranched alkanes of at least 4 members (excludes halogenated alkanes) is 3. The average molecular weight is 994 g/mol. The van der Waals surface area contributed by atoms with Gasteiger partial charge in [0.2, 0.25) is 0 Å². The van der Waals surface area contributed by atoms with Crippen LogP contribution in [0.2, 0.25) is 0 Å². The highest BCUT2D eigenvalue weighted by Crippen LogP contribution is 2.49. The topological polar surface area (TPSA) is 138 Å². The summed E-state index contributed by atoms with van der Waals surface area (Å²) in [6.07, 6.45) is 15.7. The number of anilines is 4. The van der Waals surface area contributed by atoms with Gasteiger partial charge in [0.25, 0.3) is 21.9 Å². The van der Waals surface area contributed by atoms with E-state index in [0.717, 1.165) is 66.6 Å². The third kappa shape index (κ3) is 10.6. The fraction of sp³-hybridized carbons (Fsp3) is 0.368. The summed E-state index contributed by atoms with van der Waals surface area (Å²) in [4.78, 5) is 33.4. The molecule has 12 nitrogen and oxygen atoms in total. The van der Waals surface area contributed by atoms with E-state index in [-0.39, 0.29) is 27.5 Å². The number of carbonyl (C=O) groups excluding carboxylic acids is 2. The van der Waals surface area contributed by atoms with Crippen LogP contribution in [0.1, 0.15) is 111 Å². The minimum absolute atomic E-state index is 0.137. The predicted molar refractivity (Wildman–Crippen MR) is 291 cm³/mol. The van der Waals surface area contributed by atoms with E-state index in [9.17, 15) is 22.6 Å². The molecule has 4 aliphatic heterocycles. The monoisotopic (exact) mass is 993 g/mol. The maximum Gasteiger partial charge on any atom is 0.294 e. The maximum absolute atomic E-state index is 14.0. The molecule has 2 N–H and O–H groups in total. The third-order valence-corrected chi connectivity index (χ3v) is 16.1. The molecule has 0 aliphatic carbocycles. The Morgan fingerprint density at radius 2 is 1.11 bits per heavy atom. The van der Waals surface area contributed by atoms with Gasteiger partial charge in [-0.15, -0.1) is 0 Å². The molecule has 0 fully saturated rings. The molecule has 8 rings (SSSR count). The van der Waals surface area contributed by atoms with Crippen molar-refractivity contribution in [1.29, 1.82) is 0 Å². The van der Waals surface area contributed by atoms with Crippen molar-refractivity contribution in [3.8, 4) is 0 Å². The van der Waals surface area contributed by atoms with Crippen LogP contribution in [-0.2, 0) is 30.5 Å². The number of nitrogens with zero attached hydrogens (tertiary/aromatic N) is 6. The summed E-state index contributed by atoms with van der Waals surface area (Å²) in [5, 5.41) is 12.0. The fourth-order valence-electron chi connectivity index (χ4n) is 10.2. The van der Waals surface area contributed by atoms with Gasteiger partial charge in [0.1, 0.15) is 0 Å². The molecule has 14 heteroatoms. The molecule has 372 valence electrons. The van der Waals surface area contributed by atoms with Gasteiger partial charge in [-0.3, -0.25) is 18.9 Å². The molecule has 1 atom stereocenters. The van der Waals surface area contributed by atoms with E-state index in [1.54, 1.807) is 18.9 Å². The van der Waals surface area contributed by atoms with E-state index < -0.39 is 10.1 Å². The van der Waals surface area contributed by atoms with Crippen molar-refractivity contribution in [2.24, 2.45) is 16.1 Å². The first kappa shape index (κ1) is 51.3. The summed E-state index contributed by atoms with van der Waals surface area (Å²) in [5.74, 6) is 0.214. The summed E-state index contributed by atoms with van der Waals surface area (Å²) in [6.45, 7) is 19.7. The lowest BCUT2D eigenvalue weighted by atomic mass is 9.83. The van der Waals surface area contributed by atoms with E-state index in [2.05, 4.69) is 116 Å². The number of fused-ring (bicyclic) bond motifs is 2. The Balaban J connectivity index is 0.939. The quantitative estimate of drug-likeness (QED) is 0.0407. The van der Waals surface area contributed by atoms with Crippen LogP contribution >= 0.6 is 11.9 Å². The number of hydrazone groups is 2. The first-order valence-electron chi connectivity index (χ1n) is 24.9. The molecular formula is C57H67N7O5S2. The molecule has 4 aromatic carbocycles. The standard InChI is InChI=1S/C57H67N7O5S2/c1-9-11-19-41(10-2)38-58-70-44-28-24-42(25-29-44)63-54(65)46(39(3)59-63)32-34-52-56(5,6)48-20-13-15-22-50(48)61(52)36-17-12-18-37-62-51-23-16-14-21-49(51)57(7,8)53(62)35-33-47-40(4)60-64(55(47)66)43-26-30-45(31-27-43)71(67,68)69/h13-16,20-35,41,58H,9-12,17-19,36-38H2,1-8H3,(H,67,68,69)/b46-32-,47-33-,52-34+,53-35+. The van der Waals surface area contributed by atoms with Crippen molar-refractivity contribution >= 4 is 68.1 Å². The minimum Gasteiger partial charge on any atom is -0.344 e. The molecule has 0 spiro atoms. The van der Waals surface area contributed by atoms with E-state index in [0.29, 0.717) is 34.2 Å². The highest BCUT2D eigenvalue weighted by atomic mass is 32.2. The lowest BCUT2D eigenvalue weighted by Crippen LogP contribution is -2.28. The molecule has 71 heavy (non-hydrogen) atoms. The predicted octanol–water partition coefficient (Wildman–Crippen LogP) is 12.3. The second-order valence-corrected chi connectivity index (χ2v) is 22.2. The third-order valence-electron chi connectivity index (χ3n) is 14.4. The van der Waals surface area contributed by atoms with Gasteiger partial charge in [-0.25, -0.2) is 0 Å². The molecule has 0 radical (unpaired) electrons. The Kier molecular flexibility index (Phi) is 15.4. The van der Waals surface area contributed by atoms with Gasteiger partial charge in [0.15, 0.2) is 0 Å². The molecule has 4 aromatic rings. The van der Waals surface area contributed by atoms with Crippen LogP contribution in [0.25, 0.3) is 0 Å². The Hall–Kier alpha value is -6.06. The van der Waals surface area contributed by atoms with Gasteiger partial charge in [-0.1, -0.05) is 97.2 Å². The number of amides is 2. The van der Waals surface area contributed by atoms with Crippen molar-refractivity contribution in [3.63, 3.8) is 0 Å². The summed E-state index contributed by atoms with van der Waals surface area (Å²) in [6, 6.07) is 30.5. The van der Waals surface area contributed by atoms with Crippen molar-refractivity contribution in [1.82, 2.24) is 4.72 Å². The van der Waals surface area contributed by atoms with Gasteiger partial charge in [-0.05, 0) is 153 Å². The number of benzene rings is 4. The zero-order valence-electron chi connectivity index (χ0n) is 42.3. The van der Waals surface area contributed by atoms with Gasteiger partial charge < -0.3 is 9.80 Å². The highest BCUT2D eigenvalue weighted by molar-refractivity contribution is 7.97. The van der Waals surface area contributed by atoms with Crippen LogP contribution in [0.15, 0.2) is 164 Å². The lowest BCUT2D eigenvalue weighted by molar-refractivity contribution is -0.115. The normalized spacial score (nSPS) is 20.0. The summed E-state index contributed by atoms with van der Waals surface area (Å²) in [5.41, 5.74) is 9.81. The number of rotatable bonds is 19. The molecular weight excluding hydrogens is 927 g/mol. The number of allylic oxidation sites excluding steroid dienone is 6. The number of hydrogen-bond donors (Lipinski definition) is 2. The minimum atomic E-state index is -4.37. The van der Waals surface area contributed by atoms with Crippen LogP contribution in [-0.4, -0.2) is 55.8 Å². The summed E-state index contributed by atoms with van der Waals surface area (Å²) < 4.78 is 36.2. The van der Waals surface area contributed by atoms with Crippen molar-refractivity contribution in [2.75, 3.05) is 39.5 Å². The second-order valence-electron chi connectivity index (χ2n) is 19.8. The van der Waals surface area contributed by atoms with Crippen LogP contribution in [0, 0.1) is 5.92 Å². The molecule has 2 amide bonds. The largest absolute Gasteiger partial charge is 0.344 e. The van der Waals surface area contributed by atoms with Crippen molar-refractivity contribution in [2.45, 2.75) is 121 Å². The van der Waals surface area contributed by atoms with E-state index in [1.165, 1.54) is 76.8 Å². The Morgan fingerprint density at radius 1 is 0.648 bits per heavy atom.